The molecule has 0 aliphatic heterocycles. The molecule has 1 saturated carbocycles. The lowest BCUT2D eigenvalue weighted by Crippen LogP contribution is -2.32. The van der Waals surface area contributed by atoms with Crippen molar-refractivity contribution in [3.8, 4) is 0 Å². The highest BCUT2D eigenvalue weighted by Gasteiger charge is 2.24. The topological polar surface area (TPSA) is 101 Å². The summed E-state index contributed by atoms with van der Waals surface area (Å²) in [6, 6.07) is 3.38. The number of carbonyl (C=O) groups excluding carboxylic acids is 1. The molecule has 21 heavy (non-hydrogen) atoms. The number of hydrogen-bond acceptors (Lipinski definition) is 4. The van der Waals surface area contributed by atoms with E-state index in [4.69, 9.17) is 5.73 Å². The van der Waals surface area contributed by atoms with Gasteiger partial charge in [0.25, 0.3) is 0 Å². The molecule has 0 atom stereocenters. The van der Waals surface area contributed by atoms with Crippen molar-refractivity contribution in [2.45, 2.75) is 30.2 Å². The second kappa shape index (κ2) is 6.64. The molecule has 6 nitrogen and oxygen atoms in total. The van der Waals surface area contributed by atoms with Crippen molar-refractivity contribution in [3.63, 3.8) is 0 Å². The lowest BCUT2D eigenvalue weighted by atomic mass is 10.3. The zero-order valence-corrected chi connectivity index (χ0v) is 15.0. The molecule has 0 aromatic heterocycles. The maximum atomic E-state index is 12.2. The molecule has 1 aliphatic rings. The SMILES string of the molecule is Nc1cc(Br)cc(Br)c1S(=O)(=O)NCCC(=O)NC1CC1. The maximum absolute atomic E-state index is 12.2. The molecule has 0 saturated heterocycles. The first-order valence-corrected chi connectivity index (χ1v) is 9.40. The van der Waals surface area contributed by atoms with E-state index in [1.807, 2.05) is 0 Å². The average molecular weight is 441 g/mol. The molecule has 0 spiro atoms. The summed E-state index contributed by atoms with van der Waals surface area (Å²) in [6.45, 7) is 0.0306. The monoisotopic (exact) mass is 439 g/mol. The number of carbonyl (C=O) groups is 1. The predicted molar refractivity (Wildman–Crippen MR) is 87.2 cm³/mol. The molecule has 1 aromatic carbocycles. The normalized spacial score (nSPS) is 15.0. The molecular formula is C12H15Br2N3O3S. The van der Waals surface area contributed by atoms with Crippen LogP contribution in [0.1, 0.15) is 19.3 Å². The van der Waals surface area contributed by atoms with Crippen molar-refractivity contribution in [2.24, 2.45) is 0 Å². The number of sulfonamides is 1. The number of benzene rings is 1. The minimum absolute atomic E-state index is 0.0201. The minimum atomic E-state index is -3.77. The van der Waals surface area contributed by atoms with Gasteiger partial charge in [-0.05, 0) is 40.9 Å². The van der Waals surface area contributed by atoms with Crippen molar-refractivity contribution in [2.75, 3.05) is 12.3 Å². The van der Waals surface area contributed by atoms with E-state index in [9.17, 15) is 13.2 Å². The van der Waals surface area contributed by atoms with Gasteiger partial charge in [-0.2, -0.15) is 0 Å². The highest BCUT2D eigenvalue weighted by atomic mass is 79.9. The van der Waals surface area contributed by atoms with Crippen LogP contribution in [0.25, 0.3) is 0 Å². The second-order valence-electron chi connectivity index (χ2n) is 4.80. The molecule has 0 bridgehead atoms. The van der Waals surface area contributed by atoms with Crippen LogP contribution in [0.2, 0.25) is 0 Å². The number of amides is 1. The van der Waals surface area contributed by atoms with Crippen LogP contribution in [0.5, 0.6) is 0 Å². The Labute approximate surface area is 140 Å². The van der Waals surface area contributed by atoms with Crippen molar-refractivity contribution in [1.82, 2.24) is 10.0 Å². The van der Waals surface area contributed by atoms with E-state index in [-0.39, 0.29) is 35.5 Å². The third kappa shape index (κ3) is 4.67. The standard InChI is InChI=1S/C12H15Br2N3O3S/c13-7-5-9(14)12(10(15)6-7)21(19,20)16-4-3-11(18)17-8-1-2-8/h5-6,8,16H,1-4,15H2,(H,17,18). The Kier molecular flexibility index (Phi) is 5.29. The fourth-order valence-corrected chi connectivity index (χ4v) is 4.86. The van der Waals surface area contributed by atoms with Gasteiger partial charge in [0.05, 0.1) is 5.69 Å². The molecule has 0 radical (unpaired) electrons. The molecule has 0 heterocycles. The fraction of sp³-hybridized carbons (Fsp3) is 0.417. The van der Waals surface area contributed by atoms with Gasteiger partial charge in [-0.15, -0.1) is 0 Å². The van der Waals surface area contributed by atoms with Crippen molar-refractivity contribution < 1.29 is 13.2 Å². The third-order valence-corrected chi connectivity index (χ3v) is 5.82. The molecule has 1 aliphatic carbocycles. The lowest BCUT2D eigenvalue weighted by molar-refractivity contribution is -0.121. The van der Waals surface area contributed by atoms with E-state index in [1.165, 1.54) is 6.07 Å². The number of nitrogens with two attached hydrogens (primary N) is 1. The Morgan fingerprint density at radius 2 is 2.00 bits per heavy atom. The number of hydrogen-bond donors (Lipinski definition) is 3. The van der Waals surface area contributed by atoms with Gasteiger partial charge < -0.3 is 11.1 Å². The molecule has 2 rings (SSSR count). The van der Waals surface area contributed by atoms with Crippen LogP contribution in [0.3, 0.4) is 0 Å². The maximum Gasteiger partial charge on any atom is 0.243 e. The Morgan fingerprint density at radius 1 is 1.33 bits per heavy atom. The molecule has 1 aromatic rings. The Morgan fingerprint density at radius 3 is 2.57 bits per heavy atom. The first-order chi connectivity index (χ1) is 9.79. The van der Waals surface area contributed by atoms with Crippen LogP contribution in [0.15, 0.2) is 26.0 Å². The number of halogens is 2. The summed E-state index contributed by atoms with van der Waals surface area (Å²) in [4.78, 5) is 11.5. The minimum Gasteiger partial charge on any atom is -0.398 e. The van der Waals surface area contributed by atoms with E-state index in [0.717, 1.165) is 12.8 Å². The summed E-state index contributed by atoms with van der Waals surface area (Å²) < 4.78 is 27.9. The van der Waals surface area contributed by atoms with Crippen molar-refractivity contribution >= 4 is 53.5 Å². The van der Waals surface area contributed by atoms with Gasteiger partial charge in [-0.25, -0.2) is 13.1 Å². The number of nitrogen functional groups attached to an aromatic ring is 1. The molecular weight excluding hydrogens is 426 g/mol. The molecule has 1 amide bonds. The first kappa shape index (κ1) is 16.7. The lowest BCUT2D eigenvalue weighted by Gasteiger charge is -2.11. The van der Waals surface area contributed by atoms with Gasteiger partial charge in [0.1, 0.15) is 4.90 Å². The first-order valence-electron chi connectivity index (χ1n) is 6.33. The highest BCUT2D eigenvalue weighted by Crippen LogP contribution is 2.31. The van der Waals surface area contributed by atoms with Crippen LogP contribution in [0, 0.1) is 0 Å². The Balaban J connectivity index is 1.99. The quantitative estimate of drug-likeness (QED) is 0.586. The van der Waals surface area contributed by atoms with Gasteiger partial charge in [0.15, 0.2) is 0 Å². The summed E-state index contributed by atoms with van der Waals surface area (Å²) in [6.07, 6.45) is 2.10. The summed E-state index contributed by atoms with van der Waals surface area (Å²) in [5, 5.41) is 2.80. The van der Waals surface area contributed by atoms with Gasteiger partial charge in [0.2, 0.25) is 15.9 Å². The summed E-state index contributed by atoms with van der Waals surface area (Å²) in [5.41, 5.74) is 5.89. The van der Waals surface area contributed by atoms with Crippen LogP contribution in [0.4, 0.5) is 5.69 Å². The van der Waals surface area contributed by atoms with Gasteiger partial charge in [-0.1, -0.05) is 15.9 Å². The zero-order valence-electron chi connectivity index (χ0n) is 11.0. The second-order valence-corrected chi connectivity index (χ2v) is 8.27. The van der Waals surface area contributed by atoms with E-state index in [2.05, 4.69) is 41.9 Å². The van der Waals surface area contributed by atoms with Crippen LogP contribution in [-0.4, -0.2) is 26.9 Å². The largest absolute Gasteiger partial charge is 0.398 e. The molecule has 0 unspecified atom stereocenters. The smallest absolute Gasteiger partial charge is 0.243 e. The average Bonchev–Trinajstić information content (AvgIpc) is 3.10. The fourth-order valence-electron chi connectivity index (χ4n) is 1.76. The zero-order chi connectivity index (χ0) is 15.6. The number of anilines is 1. The van der Waals surface area contributed by atoms with Gasteiger partial charge in [0, 0.05) is 28.0 Å². The third-order valence-electron chi connectivity index (χ3n) is 2.89. The van der Waals surface area contributed by atoms with Crippen molar-refractivity contribution in [3.05, 3.63) is 21.1 Å². The summed E-state index contributed by atoms with van der Waals surface area (Å²) >= 11 is 6.42. The number of nitrogens with one attached hydrogen (secondary N) is 2. The molecule has 1 fully saturated rings. The predicted octanol–water partition coefficient (Wildman–Crippen LogP) is 1.74. The molecule has 116 valence electrons. The van der Waals surface area contributed by atoms with Gasteiger partial charge >= 0.3 is 0 Å². The van der Waals surface area contributed by atoms with Crippen LogP contribution < -0.4 is 15.8 Å². The van der Waals surface area contributed by atoms with Crippen LogP contribution >= 0.6 is 31.9 Å². The molecule has 4 N–H and O–H groups in total. The number of rotatable bonds is 6. The van der Waals surface area contributed by atoms with E-state index < -0.39 is 10.0 Å². The summed E-state index contributed by atoms with van der Waals surface area (Å²) in [5.74, 6) is -0.150. The van der Waals surface area contributed by atoms with E-state index in [0.29, 0.717) is 8.95 Å². The van der Waals surface area contributed by atoms with Gasteiger partial charge in [-0.3, -0.25) is 4.79 Å². The molecule has 9 heteroatoms. The van der Waals surface area contributed by atoms with Crippen LogP contribution in [-0.2, 0) is 14.8 Å². The Hall–Kier alpha value is -0.640. The van der Waals surface area contributed by atoms with E-state index >= 15 is 0 Å². The van der Waals surface area contributed by atoms with E-state index in [1.54, 1.807) is 6.07 Å². The summed E-state index contributed by atoms with van der Waals surface area (Å²) in [7, 11) is -3.77. The highest BCUT2D eigenvalue weighted by molar-refractivity contribution is 9.11. The Bertz CT molecular complexity index is 637. The van der Waals surface area contributed by atoms with Crippen molar-refractivity contribution in [1.29, 1.82) is 0 Å².